The Balaban J connectivity index is 2.05. The third-order valence-electron chi connectivity index (χ3n) is 3.20. The number of hydrogen-bond donors (Lipinski definition) is 2. The molecule has 3 N–H and O–H groups in total. The molecule has 1 aromatic rings. The number of carbonyl (C=O) groups excluding carboxylic acids is 1. The Bertz CT molecular complexity index is 449. The van der Waals surface area contributed by atoms with E-state index in [4.69, 9.17) is 5.73 Å². The Labute approximate surface area is 102 Å². The molecule has 1 aromatic carbocycles. The highest BCUT2D eigenvalue weighted by Crippen LogP contribution is 2.45. The lowest BCUT2D eigenvalue weighted by atomic mass is 10.1. The molecule has 18 heavy (non-hydrogen) atoms. The fourth-order valence-electron chi connectivity index (χ4n) is 1.68. The fourth-order valence-corrected chi connectivity index (χ4v) is 1.68. The summed E-state index contributed by atoms with van der Waals surface area (Å²) in [7, 11) is 0. The number of rotatable bonds is 3. The first-order chi connectivity index (χ1) is 8.37. The Morgan fingerprint density at radius 3 is 2.22 bits per heavy atom. The number of benzene rings is 1. The summed E-state index contributed by atoms with van der Waals surface area (Å²) in [4.78, 5) is 11.8. The van der Waals surface area contributed by atoms with E-state index in [1.165, 1.54) is 12.1 Å². The van der Waals surface area contributed by atoms with Crippen LogP contribution in [-0.2, 0) is 11.0 Å². The SMILES string of the molecule is NCC1(C(=O)Nc2ccc(C(F)(F)F)cc2)CC1. The van der Waals surface area contributed by atoms with Crippen LogP contribution in [0.1, 0.15) is 18.4 Å². The summed E-state index contributed by atoms with van der Waals surface area (Å²) in [5.41, 5.74) is 4.60. The van der Waals surface area contributed by atoms with Crippen LogP contribution in [0.5, 0.6) is 0 Å². The number of amides is 1. The molecular formula is C12H13F3N2O. The first-order valence-electron chi connectivity index (χ1n) is 5.56. The average molecular weight is 258 g/mol. The third-order valence-corrected chi connectivity index (χ3v) is 3.20. The minimum absolute atomic E-state index is 0.218. The maximum Gasteiger partial charge on any atom is 0.416 e. The maximum atomic E-state index is 12.3. The summed E-state index contributed by atoms with van der Waals surface area (Å²) in [5.74, 6) is -0.218. The number of nitrogens with one attached hydrogen (secondary N) is 1. The van der Waals surface area contributed by atoms with Gasteiger partial charge in [-0.3, -0.25) is 4.79 Å². The lowest BCUT2D eigenvalue weighted by Gasteiger charge is -2.13. The van der Waals surface area contributed by atoms with Crippen molar-refractivity contribution in [2.75, 3.05) is 11.9 Å². The van der Waals surface area contributed by atoms with E-state index in [0.717, 1.165) is 25.0 Å². The van der Waals surface area contributed by atoms with E-state index in [-0.39, 0.29) is 12.5 Å². The molecule has 6 heteroatoms. The molecule has 0 saturated heterocycles. The summed E-state index contributed by atoms with van der Waals surface area (Å²) in [6, 6.07) is 4.37. The molecule has 1 saturated carbocycles. The van der Waals surface area contributed by atoms with Crippen molar-refractivity contribution in [3.63, 3.8) is 0 Å². The Kier molecular flexibility index (Phi) is 3.06. The van der Waals surface area contributed by atoms with Gasteiger partial charge in [-0.1, -0.05) is 0 Å². The highest BCUT2D eigenvalue weighted by Gasteiger charge is 2.48. The van der Waals surface area contributed by atoms with E-state index < -0.39 is 17.2 Å². The normalized spacial score (nSPS) is 17.3. The van der Waals surface area contributed by atoms with Gasteiger partial charge in [-0.25, -0.2) is 0 Å². The first kappa shape index (κ1) is 12.9. The van der Waals surface area contributed by atoms with Crippen molar-refractivity contribution in [1.82, 2.24) is 0 Å². The van der Waals surface area contributed by atoms with Crippen LogP contribution in [0.3, 0.4) is 0 Å². The summed E-state index contributed by atoms with van der Waals surface area (Å²) in [6.45, 7) is 0.263. The van der Waals surface area contributed by atoms with Crippen LogP contribution < -0.4 is 11.1 Å². The average Bonchev–Trinajstić information content (AvgIpc) is 3.09. The maximum absolute atomic E-state index is 12.3. The molecule has 0 aromatic heterocycles. The molecule has 0 aliphatic heterocycles. The first-order valence-corrected chi connectivity index (χ1v) is 5.56. The lowest BCUT2D eigenvalue weighted by Crippen LogP contribution is -2.30. The molecule has 0 unspecified atom stereocenters. The molecule has 0 spiro atoms. The zero-order valence-electron chi connectivity index (χ0n) is 9.55. The van der Waals surface area contributed by atoms with Gasteiger partial charge in [0.15, 0.2) is 0 Å². The van der Waals surface area contributed by atoms with Gasteiger partial charge in [-0.2, -0.15) is 13.2 Å². The van der Waals surface area contributed by atoms with Gasteiger partial charge in [0.05, 0.1) is 11.0 Å². The van der Waals surface area contributed by atoms with Crippen LogP contribution in [0.25, 0.3) is 0 Å². The molecule has 1 aliphatic rings. The summed E-state index contributed by atoms with van der Waals surface area (Å²) in [6.07, 6.45) is -2.90. The molecule has 1 amide bonds. The molecular weight excluding hydrogens is 245 g/mol. The highest BCUT2D eigenvalue weighted by molar-refractivity contribution is 5.97. The topological polar surface area (TPSA) is 55.1 Å². The number of carbonyl (C=O) groups is 1. The van der Waals surface area contributed by atoms with Gasteiger partial charge in [0.1, 0.15) is 0 Å². The predicted molar refractivity (Wildman–Crippen MR) is 60.8 cm³/mol. The quantitative estimate of drug-likeness (QED) is 0.874. The summed E-state index contributed by atoms with van der Waals surface area (Å²) in [5, 5.41) is 2.59. The van der Waals surface area contributed by atoms with E-state index in [2.05, 4.69) is 5.32 Å². The van der Waals surface area contributed by atoms with E-state index in [1.54, 1.807) is 0 Å². The number of hydrogen-bond acceptors (Lipinski definition) is 2. The van der Waals surface area contributed by atoms with E-state index >= 15 is 0 Å². The third kappa shape index (κ3) is 2.48. The van der Waals surface area contributed by atoms with Crippen LogP contribution >= 0.6 is 0 Å². The van der Waals surface area contributed by atoms with Crippen LogP contribution in [0, 0.1) is 5.41 Å². The Morgan fingerprint density at radius 1 is 1.28 bits per heavy atom. The van der Waals surface area contributed by atoms with E-state index in [9.17, 15) is 18.0 Å². The minimum atomic E-state index is -4.36. The number of halogens is 3. The standard InChI is InChI=1S/C12H13F3N2O/c13-12(14,15)8-1-3-9(4-2-8)17-10(18)11(7-16)5-6-11/h1-4H,5-7,16H2,(H,17,18). The van der Waals surface area contributed by atoms with Gasteiger partial charge >= 0.3 is 6.18 Å². The van der Waals surface area contributed by atoms with Crippen molar-refractivity contribution in [2.24, 2.45) is 11.1 Å². The summed E-state index contributed by atoms with van der Waals surface area (Å²) >= 11 is 0. The van der Waals surface area contributed by atoms with E-state index in [1.807, 2.05) is 0 Å². The number of nitrogens with two attached hydrogens (primary N) is 1. The van der Waals surface area contributed by atoms with Crippen molar-refractivity contribution >= 4 is 11.6 Å². The second kappa shape index (κ2) is 4.28. The van der Waals surface area contributed by atoms with Crippen LogP contribution in [0.15, 0.2) is 24.3 Å². The van der Waals surface area contributed by atoms with E-state index in [0.29, 0.717) is 5.69 Å². The van der Waals surface area contributed by atoms with Crippen LogP contribution in [-0.4, -0.2) is 12.5 Å². The zero-order chi connectivity index (χ0) is 13.4. The van der Waals surface area contributed by atoms with Crippen molar-refractivity contribution < 1.29 is 18.0 Å². The molecule has 98 valence electrons. The monoisotopic (exact) mass is 258 g/mol. The van der Waals surface area contributed by atoms with Gasteiger partial charge in [0, 0.05) is 12.2 Å². The fraction of sp³-hybridized carbons (Fsp3) is 0.417. The van der Waals surface area contributed by atoms with Gasteiger partial charge in [0.25, 0.3) is 0 Å². The molecule has 0 heterocycles. The second-order valence-electron chi connectivity index (χ2n) is 4.51. The van der Waals surface area contributed by atoms with Gasteiger partial charge in [0.2, 0.25) is 5.91 Å². The number of alkyl halides is 3. The van der Waals surface area contributed by atoms with Crippen molar-refractivity contribution in [1.29, 1.82) is 0 Å². The lowest BCUT2D eigenvalue weighted by molar-refractivity contribution is -0.137. The van der Waals surface area contributed by atoms with Gasteiger partial charge in [-0.05, 0) is 37.1 Å². The summed E-state index contributed by atoms with van der Waals surface area (Å²) < 4.78 is 37.0. The van der Waals surface area contributed by atoms with Crippen molar-refractivity contribution in [2.45, 2.75) is 19.0 Å². The van der Waals surface area contributed by atoms with Gasteiger partial charge < -0.3 is 11.1 Å². The van der Waals surface area contributed by atoms with Crippen molar-refractivity contribution in [3.05, 3.63) is 29.8 Å². The molecule has 2 rings (SSSR count). The molecule has 1 fully saturated rings. The minimum Gasteiger partial charge on any atom is -0.329 e. The largest absolute Gasteiger partial charge is 0.416 e. The number of anilines is 1. The Hall–Kier alpha value is -1.56. The van der Waals surface area contributed by atoms with Crippen LogP contribution in [0.4, 0.5) is 18.9 Å². The molecule has 1 aliphatic carbocycles. The molecule has 0 radical (unpaired) electrons. The zero-order valence-corrected chi connectivity index (χ0v) is 9.55. The van der Waals surface area contributed by atoms with Gasteiger partial charge in [-0.15, -0.1) is 0 Å². The second-order valence-corrected chi connectivity index (χ2v) is 4.51. The molecule has 0 atom stereocenters. The molecule has 0 bridgehead atoms. The smallest absolute Gasteiger partial charge is 0.329 e. The molecule has 3 nitrogen and oxygen atoms in total. The Morgan fingerprint density at radius 2 is 1.83 bits per heavy atom. The predicted octanol–water partition coefficient (Wildman–Crippen LogP) is 2.38. The van der Waals surface area contributed by atoms with Crippen LogP contribution in [0.2, 0.25) is 0 Å². The van der Waals surface area contributed by atoms with Crippen molar-refractivity contribution in [3.8, 4) is 0 Å². The highest BCUT2D eigenvalue weighted by atomic mass is 19.4.